The van der Waals surface area contributed by atoms with Crippen molar-refractivity contribution in [1.82, 2.24) is 78.5 Å². The van der Waals surface area contributed by atoms with Gasteiger partial charge in [-0.15, -0.1) is 5.10 Å². The number of hydrogen-bond acceptors (Lipinski definition) is 25. The van der Waals surface area contributed by atoms with Gasteiger partial charge in [-0.05, 0) is 138 Å². The van der Waals surface area contributed by atoms with E-state index >= 15 is 0 Å². The van der Waals surface area contributed by atoms with E-state index in [1.54, 1.807) is 54.9 Å². The third-order valence-corrected chi connectivity index (χ3v) is 24.1. The molecule has 14 amide bonds. The molecule has 2 aromatic heterocycles. The van der Waals surface area contributed by atoms with Crippen LogP contribution in [-0.4, -0.2) is 260 Å². The highest BCUT2D eigenvalue weighted by atomic mass is 31.2. The number of amides is 14. The maximum atomic E-state index is 14.4. The average molecular weight is 1860 g/mol. The summed E-state index contributed by atoms with van der Waals surface area (Å²) in [5, 5.41) is 59.0. The highest BCUT2D eigenvalue weighted by Gasteiger charge is 2.58. The van der Waals surface area contributed by atoms with Crippen molar-refractivity contribution in [2.75, 3.05) is 109 Å². The zero-order valence-electron chi connectivity index (χ0n) is 72.7. The molecule has 129 heavy (non-hydrogen) atoms. The van der Waals surface area contributed by atoms with E-state index in [1.807, 2.05) is 25.1 Å². The van der Waals surface area contributed by atoms with Crippen LogP contribution < -0.4 is 74.9 Å². The highest BCUT2D eigenvalue weighted by molar-refractivity contribution is 7.72. The monoisotopic (exact) mass is 1860 g/mol. The van der Waals surface area contributed by atoms with Crippen molar-refractivity contribution in [1.29, 1.82) is 0 Å². The molecule has 0 radical (unpaired) electrons. The number of ether oxygens (including phenoxy) is 5. The fraction of sp³-hybridized carbons (Fsp3) is 0.598. The molecule has 45 nitrogen and oxygen atoms in total. The van der Waals surface area contributed by atoms with Gasteiger partial charge in [0.15, 0.2) is 0 Å². The predicted octanol–water partition coefficient (Wildman–Crippen LogP) is 1.36. The largest absolute Gasteiger partial charge is 0.481 e. The quantitative estimate of drug-likeness (QED) is 0.0219. The molecule has 1 aliphatic carbocycles. The molecule has 2 heterocycles. The lowest BCUT2D eigenvalue weighted by Gasteiger charge is -2.38. The number of urea groups is 1. The van der Waals surface area contributed by atoms with Gasteiger partial charge in [0.2, 0.25) is 65.0 Å². The van der Waals surface area contributed by atoms with Gasteiger partial charge in [0, 0.05) is 127 Å². The van der Waals surface area contributed by atoms with Crippen molar-refractivity contribution in [3.63, 3.8) is 0 Å². The fourth-order valence-corrected chi connectivity index (χ4v) is 15.3. The summed E-state index contributed by atoms with van der Waals surface area (Å²) in [6, 6.07) is 13.6. The Morgan fingerprint density at radius 3 is 1.61 bits per heavy atom. The molecule has 716 valence electrons. The molecule has 0 spiro atoms. The molecule has 1 saturated carbocycles. The summed E-state index contributed by atoms with van der Waals surface area (Å²) in [5.74, 6) is -6.42. The molecule has 0 bridgehead atoms. The Kier molecular flexibility index (Phi) is 50.5. The predicted molar refractivity (Wildman–Crippen MR) is 465 cm³/mol. The molecule has 0 saturated heterocycles. The molecular formula is C82H126N18O27P2. The molecular weight excluding hydrogens is 1730 g/mol. The van der Waals surface area contributed by atoms with Gasteiger partial charge in [-0.3, -0.25) is 76.3 Å². The van der Waals surface area contributed by atoms with E-state index in [9.17, 15) is 106 Å². The standard InChI is InChI=1S/C82H126N18O27P2/c1-58-16-3-4-18-63(58)96-79(114)92-61-27-24-59(25-28-61)54-73(107)94-65(20-6-11-39-86-68(102)29-26-60-17-14-37-84-55-60)76(111)95-66(21-13-23-74(108)109)77(112)97-81(34-8-2-9-35-81)78(113)90-44-49-126-53-52-125-47-42-88-70(104)31-30-69(103)87-41-46-123-50-51-124-48-43-89-71(105)32-33-72(106)93-64(75(83)110)19-5-10-38-85-67(101)22-7-12-45-100-56-62(98-99-100)57-127-80(115)91-40-15-36-82(116,128(117,118)119)129(120,121)122/h3-4,14,16-18,24-25,27-28,37,55-56,64-66,116H,2,5-13,15,19-23,26,29-36,38-54,57H2,1H3,(H2,83,110)(H,85,101)(H,86,102)(H,87,103)(H,88,104)(H,89,105)(H,90,113)(H,91,115)(H,93,106)(H,94,107)(H,95,111)(H,97,112)(H,108,109)(H2,92,96,114)(H2,117,118,119)(H2,120,121,122)/t64-,65-,66-/m0/s1. The van der Waals surface area contributed by atoms with Gasteiger partial charge in [0.05, 0.1) is 65.5 Å². The molecule has 21 N–H and O–H groups in total. The summed E-state index contributed by atoms with van der Waals surface area (Å²) in [4.78, 5) is 221. The number of rotatable bonds is 66. The van der Waals surface area contributed by atoms with Crippen molar-refractivity contribution in [3.05, 3.63) is 102 Å². The second-order valence-corrected chi connectivity index (χ2v) is 34.6. The smallest absolute Gasteiger partial charge is 0.407 e. The molecule has 0 unspecified atom stereocenters. The summed E-state index contributed by atoms with van der Waals surface area (Å²) in [6.45, 7) is 3.90. The summed E-state index contributed by atoms with van der Waals surface area (Å²) in [6.07, 6.45) is 7.82. The number of anilines is 2. The number of carbonyl (C=O) groups is 14. The lowest BCUT2D eigenvalue weighted by Crippen LogP contribution is -2.63. The number of nitrogens with one attached hydrogen (secondary N) is 13. The molecule has 0 aliphatic heterocycles. The maximum Gasteiger partial charge on any atom is 0.407 e. The van der Waals surface area contributed by atoms with Crippen LogP contribution in [0.3, 0.4) is 0 Å². The van der Waals surface area contributed by atoms with Crippen molar-refractivity contribution in [2.24, 2.45) is 5.73 Å². The average Bonchev–Trinajstić information content (AvgIpc) is 0.906. The van der Waals surface area contributed by atoms with E-state index < -0.39 is 116 Å². The normalized spacial score (nSPS) is 13.2. The number of nitrogens with two attached hydrogens (primary N) is 1. The van der Waals surface area contributed by atoms with Gasteiger partial charge >= 0.3 is 33.3 Å². The number of aromatic nitrogens is 4. The second kappa shape index (κ2) is 60.0. The van der Waals surface area contributed by atoms with Crippen LogP contribution in [0.25, 0.3) is 0 Å². The Hall–Kier alpha value is -11.0. The van der Waals surface area contributed by atoms with Crippen molar-refractivity contribution in [2.45, 2.75) is 216 Å². The first-order valence-corrected chi connectivity index (χ1v) is 46.3. The molecule has 5 rings (SSSR count). The number of primary amides is 1. The topological polar surface area (TPSA) is 667 Å². The Labute approximate surface area is 747 Å². The van der Waals surface area contributed by atoms with E-state index in [1.165, 1.54) is 10.9 Å². The third-order valence-electron chi connectivity index (χ3n) is 20.2. The number of pyridine rings is 1. The molecule has 1 aliphatic rings. The summed E-state index contributed by atoms with van der Waals surface area (Å²) < 4.78 is 51.6. The van der Waals surface area contributed by atoms with Crippen molar-refractivity contribution in [3.8, 4) is 0 Å². The van der Waals surface area contributed by atoms with Crippen LogP contribution in [0.4, 0.5) is 21.0 Å². The van der Waals surface area contributed by atoms with E-state index in [-0.39, 0.29) is 218 Å². The first kappa shape index (κ1) is 109. The Morgan fingerprint density at radius 1 is 0.519 bits per heavy atom. The van der Waals surface area contributed by atoms with Crippen molar-refractivity contribution < 1.29 is 130 Å². The number of carboxylic acids is 1. The van der Waals surface area contributed by atoms with Crippen LogP contribution in [0.15, 0.2) is 79.3 Å². The highest BCUT2D eigenvalue weighted by Crippen LogP contribution is 2.69. The zero-order chi connectivity index (χ0) is 94.3. The number of alkyl carbamates (subject to hydrolysis) is 1. The number of hydrogen-bond donors (Lipinski definition) is 20. The zero-order valence-corrected chi connectivity index (χ0v) is 74.4. The molecule has 4 aromatic rings. The van der Waals surface area contributed by atoms with Crippen LogP contribution in [0.1, 0.15) is 176 Å². The number of carboxylic acid groups (broad SMARTS) is 1. The van der Waals surface area contributed by atoms with Crippen LogP contribution in [0.2, 0.25) is 0 Å². The number of para-hydroxylation sites is 1. The van der Waals surface area contributed by atoms with Crippen LogP contribution in [0.5, 0.6) is 0 Å². The minimum Gasteiger partial charge on any atom is -0.481 e. The molecule has 1 fully saturated rings. The fourth-order valence-electron chi connectivity index (χ4n) is 13.0. The third kappa shape index (κ3) is 45.2. The van der Waals surface area contributed by atoms with Gasteiger partial charge < -0.3 is 128 Å². The number of unbranched alkanes of at least 4 members (excludes halogenated alkanes) is 3. The first-order valence-electron chi connectivity index (χ1n) is 43.0. The SMILES string of the molecule is Cc1ccccc1NC(=O)Nc1ccc(CC(=O)N[C@@H](CCCCNC(=O)CCc2cccnc2)C(=O)N[C@@H](CCCC(=O)O)C(=O)NC2(C(=O)NCCOCCOCCNC(=O)CCC(=O)NCCOCCOCCNC(=O)CCC(=O)N[C@@H](CCCCNC(=O)CCCCn3cc(COC(=O)NCCCC(O)(P(=O)(O)O)P(=O)(O)O)nn3)C(N)=O)CCCCC2)cc1. The summed E-state index contributed by atoms with van der Waals surface area (Å²) in [5.41, 5.74) is 7.84. The number of nitrogens with zero attached hydrogens (tertiary/aromatic N) is 4. The minimum atomic E-state index is -5.63. The van der Waals surface area contributed by atoms with E-state index in [0.717, 1.165) is 17.5 Å². The van der Waals surface area contributed by atoms with Crippen LogP contribution in [-0.2, 0) is 116 Å². The molecule has 2 aromatic carbocycles. The van der Waals surface area contributed by atoms with Crippen LogP contribution in [0, 0.1) is 6.92 Å². The summed E-state index contributed by atoms with van der Waals surface area (Å²) in [7, 11) is -11.3. The van der Waals surface area contributed by atoms with E-state index in [0.29, 0.717) is 87.8 Å². The number of aliphatic carboxylic acids is 1. The second-order valence-electron chi connectivity index (χ2n) is 30.6. The van der Waals surface area contributed by atoms with Gasteiger partial charge in [-0.25, -0.2) is 9.59 Å². The lowest BCUT2D eigenvalue weighted by molar-refractivity contribution is -0.138. The Bertz CT molecular complexity index is 4290. The Balaban J connectivity index is 0.869. The van der Waals surface area contributed by atoms with Gasteiger partial charge in [0.1, 0.15) is 36.0 Å². The summed E-state index contributed by atoms with van der Waals surface area (Å²) >= 11 is 0. The van der Waals surface area contributed by atoms with Gasteiger partial charge in [-0.1, -0.05) is 60.9 Å². The molecule has 3 atom stereocenters. The number of aliphatic hydroxyl groups is 1. The van der Waals surface area contributed by atoms with Gasteiger partial charge in [0.25, 0.3) is 5.08 Å². The molecule has 47 heteroatoms. The Morgan fingerprint density at radius 2 is 1.05 bits per heavy atom. The van der Waals surface area contributed by atoms with Crippen LogP contribution >= 0.6 is 15.2 Å². The minimum absolute atomic E-state index is 0.0132. The number of carbonyl (C=O) groups excluding carboxylic acids is 13. The number of benzene rings is 2. The van der Waals surface area contributed by atoms with Crippen molar-refractivity contribution >= 4 is 110 Å². The lowest BCUT2D eigenvalue weighted by atomic mass is 9.80. The maximum absolute atomic E-state index is 14.4. The van der Waals surface area contributed by atoms with E-state index in [4.69, 9.17) is 29.4 Å². The first-order chi connectivity index (χ1) is 61.6. The van der Waals surface area contributed by atoms with E-state index in [2.05, 4.69) is 84.4 Å². The number of aryl methyl sites for hydroxylation is 3. The van der Waals surface area contributed by atoms with Gasteiger partial charge in [-0.2, -0.15) is 0 Å².